The molecule has 23 heavy (non-hydrogen) atoms. The van der Waals surface area contributed by atoms with Gasteiger partial charge < -0.3 is 13.5 Å². The van der Waals surface area contributed by atoms with Crippen LogP contribution in [0, 0.1) is 0 Å². The van der Waals surface area contributed by atoms with Crippen LogP contribution in [0.5, 0.6) is 0 Å². The molecule has 0 spiro atoms. The Kier molecular flexibility index (Phi) is 3.68. The van der Waals surface area contributed by atoms with Crippen LogP contribution in [0.3, 0.4) is 0 Å². The van der Waals surface area contributed by atoms with Crippen LogP contribution in [0.15, 0.2) is 32.5 Å². The summed E-state index contributed by atoms with van der Waals surface area (Å²) < 4.78 is 12.8. The van der Waals surface area contributed by atoms with Crippen LogP contribution in [-0.2, 0) is 6.54 Å². The van der Waals surface area contributed by atoms with Gasteiger partial charge in [0.2, 0.25) is 11.7 Å². The average Bonchev–Trinajstić information content (AvgIpc) is 3.00. The van der Waals surface area contributed by atoms with E-state index < -0.39 is 0 Å². The summed E-state index contributed by atoms with van der Waals surface area (Å²) in [7, 11) is 0. The molecule has 8 heteroatoms. The van der Waals surface area contributed by atoms with Crippen molar-refractivity contribution in [3.05, 3.63) is 30.1 Å². The van der Waals surface area contributed by atoms with E-state index in [0.717, 1.165) is 17.5 Å². The lowest BCUT2D eigenvalue weighted by Gasteiger charge is -2.08. The molecule has 1 atom stereocenters. The molecule has 0 unspecified atom stereocenters. The molecule has 0 amide bonds. The standard InChI is InChI=1S/C15H17N5O2S/c1-3-20-13(10-6-7-10)17-18-15(20)23-9(2)14-16-12(19-22-14)11-5-4-8-21-11/h4-5,8-10H,3,6-7H2,1-2H3/t9-/m0/s1. The van der Waals surface area contributed by atoms with Crippen molar-refractivity contribution in [3.63, 3.8) is 0 Å². The van der Waals surface area contributed by atoms with Gasteiger partial charge in [0.15, 0.2) is 10.9 Å². The molecule has 1 aliphatic carbocycles. The first-order valence-electron chi connectivity index (χ1n) is 7.73. The summed E-state index contributed by atoms with van der Waals surface area (Å²) in [5.41, 5.74) is 0. The normalized spacial score (nSPS) is 15.9. The number of furan rings is 1. The fraction of sp³-hybridized carbons (Fsp3) is 0.467. The highest BCUT2D eigenvalue weighted by molar-refractivity contribution is 7.99. The zero-order valence-corrected chi connectivity index (χ0v) is 13.8. The van der Waals surface area contributed by atoms with Gasteiger partial charge in [-0.2, -0.15) is 4.98 Å². The van der Waals surface area contributed by atoms with E-state index in [2.05, 4.69) is 31.8 Å². The van der Waals surface area contributed by atoms with E-state index in [0.29, 0.717) is 23.4 Å². The average molecular weight is 331 g/mol. The second-order valence-corrected chi connectivity index (χ2v) is 6.86. The zero-order chi connectivity index (χ0) is 15.8. The van der Waals surface area contributed by atoms with Crippen LogP contribution in [0.2, 0.25) is 0 Å². The molecule has 0 bridgehead atoms. The highest BCUT2D eigenvalue weighted by Gasteiger charge is 2.30. The van der Waals surface area contributed by atoms with Gasteiger partial charge in [-0.25, -0.2) is 0 Å². The Balaban J connectivity index is 1.53. The van der Waals surface area contributed by atoms with Gasteiger partial charge in [-0.1, -0.05) is 16.9 Å². The molecular formula is C15H17N5O2S. The number of thioether (sulfide) groups is 1. The number of hydrogen-bond acceptors (Lipinski definition) is 7. The third-order valence-electron chi connectivity index (χ3n) is 3.82. The van der Waals surface area contributed by atoms with Crippen LogP contribution < -0.4 is 0 Å². The molecule has 0 aliphatic heterocycles. The molecule has 0 saturated heterocycles. The Morgan fingerprint density at radius 2 is 2.26 bits per heavy atom. The van der Waals surface area contributed by atoms with Crippen molar-refractivity contribution >= 4 is 11.8 Å². The van der Waals surface area contributed by atoms with Gasteiger partial charge in [-0.3, -0.25) is 0 Å². The number of aromatic nitrogens is 5. The highest BCUT2D eigenvalue weighted by Crippen LogP contribution is 2.41. The summed E-state index contributed by atoms with van der Waals surface area (Å²) in [4.78, 5) is 4.41. The van der Waals surface area contributed by atoms with E-state index in [9.17, 15) is 0 Å². The smallest absolute Gasteiger partial charge is 0.240 e. The monoisotopic (exact) mass is 331 g/mol. The van der Waals surface area contributed by atoms with Crippen LogP contribution >= 0.6 is 11.8 Å². The molecule has 3 aromatic heterocycles. The highest BCUT2D eigenvalue weighted by atomic mass is 32.2. The minimum absolute atomic E-state index is 0.00670. The van der Waals surface area contributed by atoms with Gasteiger partial charge in [0, 0.05) is 12.5 Å². The largest absolute Gasteiger partial charge is 0.461 e. The van der Waals surface area contributed by atoms with Gasteiger partial charge in [0.25, 0.3) is 0 Å². The van der Waals surface area contributed by atoms with Crippen molar-refractivity contribution in [1.82, 2.24) is 24.9 Å². The van der Waals surface area contributed by atoms with E-state index in [-0.39, 0.29) is 5.25 Å². The summed E-state index contributed by atoms with van der Waals surface area (Å²) in [6.45, 7) is 5.01. The fourth-order valence-electron chi connectivity index (χ4n) is 2.44. The minimum Gasteiger partial charge on any atom is -0.461 e. The number of hydrogen-bond donors (Lipinski definition) is 0. The molecule has 4 rings (SSSR count). The molecule has 1 saturated carbocycles. The van der Waals surface area contributed by atoms with Crippen LogP contribution in [0.4, 0.5) is 0 Å². The van der Waals surface area contributed by atoms with Crippen LogP contribution in [-0.4, -0.2) is 24.9 Å². The van der Waals surface area contributed by atoms with Gasteiger partial charge in [-0.05, 0) is 38.8 Å². The first-order chi connectivity index (χ1) is 11.3. The molecule has 0 N–H and O–H groups in total. The Labute approximate surface area is 137 Å². The van der Waals surface area contributed by atoms with Gasteiger partial charge in [0.1, 0.15) is 5.82 Å². The Morgan fingerprint density at radius 3 is 2.96 bits per heavy atom. The molecular weight excluding hydrogens is 314 g/mol. The minimum atomic E-state index is -0.00670. The lowest BCUT2D eigenvalue weighted by Crippen LogP contribution is -2.02. The fourth-order valence-corrected chi connectivity index (χ4v) is 3.39. The Hall–Kier alpha value is -2.09. The number of nitrogens with zero attached hydrogens (tertiary/aromatic N) is 5. The van der Waals surface area contributed by atoms with Crippen LogP contribution in [0.25, 0.3) is 11.6 Å². The lowest BCUT2D eigenvalue weighted by atomic mass is 10.4. The molecule has 0 aromatic carbocycles. The van der Waals surface area contributed by atoms with Gasteiger partial charge >= 0.3 is 0 Å². The predicted molar refractivity (Wildman–Crippen MR) is 83.9 cm³/mol. The van der Waals surface area contributed by atoms with E-state index in [1.807, 2.05) is 13.0 Å². The maximum Gasteiger partial charge on any atom is 0.240 e. The SMILES string of the molecule is CCn1c(S[C@@H](C)c2nc(-c3ccco3)no2)nnc1C1CC1. The van der Waals surface area contributed by atoms with E-state index >= 15 is 0 Å². The molecule has 0 radical (unpaired) electrons. The van der Waals surface area contributed by atoms with E-state index in [4.69, 9.17) is 8.94 Å². The van der Waals surface area contributed by atoms with Crippen LogP contribution in [0.1, 0.15) is 49.6 Å². The van der Waals surface area contributed by atoms with Gasteiger partial charge in [-0.15, -0.1) is 10.2 Å². The van der Waals surface area contributed by atoms with Crippen molar-refractivity contribution < 1.29 is 8.94 Å². The second kappa shape index (κ2) is 5.84. The lowest BCUT2D eigenvalue weighted by molar-refractivity contribution is 0.379. The zero-order valence-electron chi connectivity index (χ0n) is 13.0. The molecule has 1 aliphatic rings. The first kappa shape index (κ1) is 14.5. The second-order valence-electron chi connectivity index (χ2n) is 5.55. The number of rotatable bonds is 6. The summed E-state index contributed by atoms with van der Waals surface area (Å²) in [5.74, 6) is 3.31. The maximum atomic E-state index is 5.36. The quantitative estimate of drug-likeness (QED) is 0.637. The van der Waals surface area contributed by atoms with Crippen molar-refractivity contribution in [3.8, 4) is 11.6 Å². The summed E-state index contributed by atoms with van der Waals surface area (Å²) in [6, 6.07) is 3.61. The molecule has 7 nitrogen and oxygen atoms in total. The van der Waals surface area contributed by atoms with Crippen molar-refractivity contribution in [1.29, 1.82) is 0 Å². The van der Waals surface area contributed by atoms with Crippen molar-refractivity contribution in [2.24, 2.45) is 0 Å². The molecule has 120 valence electrons. The molecule has 1 fully saturated rings. The first-order valence-corrected chi connectivity index (χ1v) is 8.61. The van der Waals surface area contributed by atoms with E-state index in [1.54, 1.807) is 24.1 Å². The van der Waals surface area contributed by atoms with E-state index in [1.165, 1.54) is 12.8 Å². The topological polar surface area (TPSA) is 82.8 Å². The third-order valence-corrected chi connectivity index (χ3v) is 4.89. The summed E-state index contributed by atoms with van der Waals surface area (Å²) in [6.07, 6.45) is 4.02. The van der Waals surface area contributed by atoms with Crippen molar-refractivity contribution in [2.75, 3.05) is 0 Å². The predicted octanol–water partition coefficient (Wildman–Crippen LogP) is 3.67. The Morgan fingerprint density at radius 1 is 1.39 bits per heavy atom. The Bertz CT molecular complexity index is 791. The maximum absolute atomic E-state index is 5.36. The third kappa shape index (κ3) is 2.78. The molecule has 3 aromatic rings. The summed E-state index contributed by atoms with van der Waals surface area (Å²) in [5, 5.41) is 13.6. The summed E-state index contributed by atoms with van der Waals surface area (Å²) >= 11 is 1.59. The molecule has 3 heterocycles. The van der Waals surface area contributed by atoms with Crippen molar-refractivity contribution in [2.45, 2.75) is 49.6 Å². The van der Waals surface area contributed by atoms with Gasteiger partial charge in [0.05, 0.1) is 11.5 Å².